The van der Waals surface area contributed by atoms with Crippen LogP contribution in [-0.4, -0.2) is 62.5 Å². The fourth-order valence-electron chi connectivity index (χ4n) is 2.56. The van der Waals surface area contributed by atoms with Crippen molar-refractivity contribution in [3.63, 3.8) is 0 Å². The van der Waals surface area contributed by atoms with Crippen LogP contribution in [0.2, 0.25) is 0 Å². The third kappa shape index (κ3) is 3.85. The Morgan fingerprint density at radius 1 is 1.05 bits per heavy atom. The number of hydrogen-bond donors (Lipinski definition) is 0. The number of amides is 2. The number of nitrogens with zero attached hydrogens (tertiary/aromatic N) is 2. The van der Waals surface area contributed by atoms with E-state index in [4.69, 9.17) is 0 Å². The summed E-state index contributed by atoms with van der Waals surface area (Å²) < 4.78 is 23.5. The molecule has 0 aliphatic carbocycles. The third-order valence-electron chi connectivity index (χ3n) is 3.79. The zero-order valence-corrected chi connectivity index (χ0v) is 13.6. The molecule has 7 heteroatoms. The van der Waals surface area contributed by atoms with Crippen molar-refractivity contribution >= 4 is 21.7 Å². The monoisotopic (exact) mass is 324 g/mol. The highest BCUT2D eigenvalue weighted by Crippen LogP contribution is 2.17. The van der Waals surface area contributed by atoms with E-state index < -0.39 is 9.84 Å². The van der Waals surface area contributed by atoms with Crippen molar-refractivity contribution < 1.29 is 18.0 Å². The van der Waals surface area contributed by atoms with E-state index >= 15 is 0 Å². The van der Waals surface area contributed by atoms with Crippen molar-refractivity contribution in [2.24, 2.45) is 0 Å². The zero-order chi connectivity index (χ0) is 16.3. The molecule has 1 heterocycles. The van der Waals surface area contributed by atoms with Gasteiger partial charge in [0.2, 0.25) is 11.8 Å². The van der Waals surface area contributed by atoms with E-state index in [2.05, 4.69) is 0 Å². The van der Waals surface area contributed by atoms with Crippen LogP contribution in [0.1, 0.15) is 12.5 Å². The smallest absolute Gasteiger partial charge is 0.227 e. The van der Waals surface area contributed by atoms with Crippen molar-refractivity contribution in [3.8, 4) is 0 Å². The largest absolute Gasteiger partial charge is 0.339 e. The first kappa shape index (κ1) is 16.5. The lowest BCUT2D eigenvalue weighted by Gasteiger charge is -2.34. The average Bonchev–Trinajstić information content (AvgIpc) is 2.46. The molecule has 2 rings (SSSR count). The number of sulfone groups is 1. The lowest BCUT2D eigenvalue weighted by Crippen LogP contribution is -2.50. The minimum Gasteiger partial charge on any atom is -0.339 e. The second kappa shape index (κ2) is 6.48. The Balaban J connectivity index is 2.07. The second-order valence-corrected chi connectivity index (χ2v) is 7.43. The number of benzene rings is 1. The molecule has 6 nitrogen and oxygen atoms in total. The van der Waals surface area contributed by atoms with Gasteiger partial charge in [0.05, 0.1) is 11.3 Å². The summed E-state index contributed by atoms with van der Waals surface area (Å²) in [6.07, 6.45) is 1.20. The molecule has 0 N–H and O–H groups in total. The predicted octanol–water partition coefficient (Wildman–Crippen LogP) is 0.323. The van der Waals surface area contributed by atoms with E-state index in [1.807, 2.05) is 0 Å². The zero-order valence-electron chi connectivity index (χ0n) is 12.8. The quantitative estimate of drug-likeness (QED) is 0.803. The molecule has 1 fully saturated rings. The van der Waals surface area contributed by atoms with Crippen LogP contribution in [0.4, 0.5) is 0 Å². The Hall–Kier alpha value is -1.89. The first-order chi connectivity index (χ1) is 10.3. The van der Waals surface area contributed by atoms with E-state index in [9.17, 15) is 18.0 Å². The fraction of sp³-hybridized carbons (Fsp3) is 0.467. The van der Waals surface area contributed by atoms with E-state index in [-0.39, 0.29) is 23.1 Å². The number of piperazine rings is 1. The van der Waals surface area contributed by atoms with Crippen molar-refractivity contribution in [2.45, 2.75) is 18.2 Å². The van der Waals surface area contributed by atoms with Crippen molar-refractivity contribution in [1.29, 1.82) is 0 Å². The Labute approximate surface area is 130 Å². The molecule has 0 atom stereocenters. The highest BCUT2D eigenvalue weighted by atomic mass is 32.2. The highest BCUT2D eigenvalue weighted by molar-refractivity contribution is 7.90. The summed E-state index contributed by atoms with van der Waals surface area (Å²) in [5.41, 5.74) is 0.518. The molecule has 1 aromatic carbocycles. The Morgan fingerprint density at radius 2 is 1.59 bits per heavy atom. The van der Waals surface area contributed by atoms with Crippen LogP contribution in [0.5, 0.6) is 0 Å². The summed E-state index contributed by atoms with van der Waals surface area (Å²) in [5, 5.41) is 0. The van der Waals surface area contributed by atoms with Gasteiger partial charge < -0.3 is 9.80 Å². The molecular formula is C15H20N2O4S. The molecule has 2 amide bonds. The van der Waals surface area contributed by atoms with Gasteiger partial charge in [-0.15, -0.1) is 0 Å². The van der Waals surface area contributed by atoms with Gasteiger partial charge in [0.15, 0.2) is 9.84 Å². The minimum absolute atomic E-state index is 0.00882. The fourth-order valence-corrected chi connectivity index (χ4v) is 3.50. The molecule has 0 aromatic heterocycles. The van der Waals surface area contributed by atoms with Gasteiger partial charge >= 0.3 is 0 Å². The maximum Gasteiger partial charge on any atom is 0.227 e. The van der Waals surface area contributed by atoms with E-state index in [0.717, 1.165) is 6.26 Å². The number of carbonyl (C=O) groups excluding carboxylic acids is 2. The van der Waals surface area contributed by atoms with Crippen molar-refractivity contribution in [2.75, 3.05) is 32.4 Å². The molecule has 1 aliphatic heterocycles. The lowest BCUT2D eigenvalue weighted by molar-refractivity contribution is -0.138. The van der Waals surface area contributed by atoms with E-state index in [0.29, 0.717) is 31.7 Å². The summed E-state index contributed by atoms with van der Waals surface area (Å²) in [6, 6.07) is 6.56. The van der Waals surface area contributed by atoms with Gasteiger partial charge in [-0.3, -0.25) is 9.59 Å². The van der Waals surface area contributed by atoms with Crippen LogP contribution in [0.3, 0.4) is 0 Å². The maximum atomic E-state index is 12.4. The molecule has 22 heavy (non-hydrogen) atoms. The summed E-state index contributed by atoms with van der Waals surface area (Å²) >= 11 is 0. The van der Waals surface area contributed by atoms with Gasteiger partial charge in [0.1, 0.15) is 0 Å². The predicted molar refractivity (Wildman–Crippen MR) is 82.1 cm³/mol. The molecule has 0 spiro atoms. The van der Waals surface area contributed by atoms with Crippen LogP contribution in [0.15, 0.2) is 29.2 Å². The van der Waals surface area contributed by atoms with Gasteiger partial charge in [-0.2, -0.15) is 0 Å². The lowest BCUT2D eigenvalue weighted by atomic mass is 10.1. The number of rotatable bonds is 3. The molecule has 0 bridgehead atoms. The summed E-state index contributed by atoms with van der Waals surface area (Å²) in [7, 11) is -3.35. The van der Waals surface area contributed by atoms with Crippen LogP contribution >= 0.6 is 0 Å². The minimum atomic E-state index is -3.35. The molecule has 0 saturated carbocycles. The first-order valence-corrected chi connectivity index (χ1v) is 8.99. The standard InChI is InChI=1S/C15H20N2O4S/c1-12(18)16-7-9-17(10-8-16)15(19)11-13-5-3-4-6-14(13)22(2,20)21/h3-6H,7-11H2,1-2H3. The van der Waals surface area contributed by atoms with Crippen molar-refractivity contribution in [3.05, 3.63) is 29.8 Å². The van der Waals surface area contributed by atoms with Crippen LogP contribution in [-0.2, 0) is 25.8 Å². The normalized spacial score (nSPS) is 15.7. The van der Waals surface area contributed by atoms with Crippen molar-refractivity contribution in [1.82, 2.24) is 9.80 Å². The molecule has 1 aromatic rings. The van der Waals surface area contributed by atoms with Gasteiger partial charge in [-0.1, -0.05) is 18.2 Å². The van der Waals surface area contributed by atoms with E-state index in [1.54, 1.807) is 28.0 Å². The van der Waals surface area contributed by atoms with Crippen LogP contribution < -0.4 is 0 Å². The van der Waals surface area contributed by atoms with Gasteiger partial charge in [0, 0.05) is 39.4 Å². The molecule has 0 unspecified atom stereocenters. The molecular weight excluding hydrogens is 304 g/mol. The van der Waals surface area contributed by atoms with Gasteiger partial charge in [0.25, 0.3) is 0 Å². The van der Waals surface area contributed by atoms with Gasteiger partial charge in [-0.05, 0) is 11.6 Å². The second-order valence-electron chi connectivity index (χ2n) is 5.44. The first-order valence-electron chi connectivity index (χ1n) is 7.10. The molecule has 0 radical (unpaired) electrons. The van der Waals surface area contributed by atoms with Gasteiger partial charge in [-0.25, -0.2) is 8.42 Å². The van der Waals surface area contributed by atoms with E-state index in [1.165, 1.54) is 13.0 Å². The highest BCUT2D eigenvalue weighted by Gasteiger charge is 2.23. The number of hydrogen-bond acceptors (Lipinski definition) is 4. The third-order valence-corrected chi connectivity index (χ3v) is 4.99. The topological polar surface area (TPSA) is 74.8 Å². The van der Waals surface area contributed by atoms with Crippen LogP contribution in [0, 0.1) is 0 Å². The number of carbonyl (C=O) groups is 2. The maximum absolute atomic E-state index is 12.4. The average molecular weight is 324 g/mol. The summed E-state index contributed by atoms with van der Waals surface area (Å²) in [5.74, 6) is -0.103. The SMILES string of the molecule is CC(=O)N1CCN(C(=O)Cc2ccccc2S(C)(=O)=O)CC1. The molecule has 1 aliphatic rings. The Morgan fingerprint density at radius 3 is 2.14 bits per heavy atom. The summed E-state index contributed by atoms with van der Waals surface area (Å²) in [4.78, 5) is 27.2. The molecule has 120 valence electrons. The molecule has 1 saturated heterocycles. The van der Waals surface area contributed by atoms with Crippen LogP contribution in [0.25, 0.3) is 0 Å². The Kier molecular flexibility index (Phi) is 4.85. The summed E-state index contributed by atoms with van der Waals surface area (Å²) in [6.45, 7) is 3.53. The Bertz CT molecular complexity index is 677.